The van der Waals surface area contributed by atoms with E-state index in [-0.39, 0.29) is 110 Å². The summed E-state index contributed by atoms with van der Waals surface area (Å²) >= 11 is 0. The maximum Gasteiger partial charge on any atom is 0.311 e. The predicted octanol–water partition coefficient (Wildman–Crippen LogP) is 18.9. The van der Waals surface area contributed by atoms with Crippen LogP contribution in [0.15, 0.2) is 24.4 Å². The van der Waals surface area contributed by atoms with Gasteiger partial charge in [0.15, 0.2) is 11.9 Å². The van der Waals surface area contributed by atoms with E-state index in [9.17, 15) is 10.0 Å². The topological polar surface area (TPSA) is 158 Å². The van der Waals surface area contributed by atoms with E-state index >= 15 is 19.2 Å². The van der Waals surface area contributed by atoms with Crippen LogP contribution in [0.2, 0.25) is 0 Å². The van der Waals surface area contributed by atoms with Crippen molar-refractivity contribution in [2.75, 3.05) is 33.0 Å². The number of carbonyl (C=O) groups excluding carboxylic acids is 5. The fourth-order valence-corrected chi connectivity index (χ4v) is 12.6. The molecule has 12 heteroatoms. The molecule has 0 amide bonds. The quantitative estimate of drug-likeness (QED) is 0.0265. The Morgan fingerprint density at radius 3 is 0.964 bits per heavy atom. The van der Waals surface area contributed by atoms with E-state index in [1.54, 1.807) is 46.8 Å². The van der Waals surface area contributed by atoms with Gasteiger partial charge in [0.2, 0.25) is 0 Å². The fourth-order valence-electron chi connectivity index (χ4n) is 12.6. The van der Waals surface area contributed by atoms with E-state index < -0.39 is 62.8 Å². The van der Waals surface area contributed by atoms with Gasteiger partial charge in [-0.05, 0) is 142 Å². The average Bonchev–Trinajstić information content (AvgIpc) is 3.48. The van der Waals surface area contributed by atoms with Crippen LogP contribution in [0.1, 0.15) is 311 Å². The Bertz CT molecular complexity index is 1940. The SMILES string of the molecule is C.C.CCCCC(CC)COC(=O)C(C)(C)CC(C)(CC(C)(CC(C)(CC(C)(CC(CC)c1cccc[n+]1[O-])C(=O)OCC(CC)CCCC)C(=O)OCC(CC)CCCC)C(=O)OCC(CC)CCCC)C(=O)OCC(CC)CCCC. The summed E-state index contributed by atoms with van der Waals surface area (Å²) in [5.41, 5.74) is -6.77. The molecule has 486 valence electrons. The van der Waals surface area contributed by atoms with Crippen molar-refractivity contribution in [3.8, 4) is 0 Å². The maximum atomic E-state index is 15.7. The molecular weight excluding hydrogens is 1040 g/mol. The molecule has 0 fully saturated rings. The normalized spacial score (nSPS) is 16.7. The molecule has 0 aliphatic rings. The van der Waals surface area contributed by atoms with Crippen LogP contribution < -0.4 is 4.73 Å². The van der Waals surface area contributed by atoms with Crippen LogP contribution in [0.25, 0.3) is 0 Å². The first-order valence-corrected chi connectivity index (χ1v) is 32.9. The summed E-state index contributed by atoms with van der Waals surface area (Å²) in [5, 5.41) is 13.5. The van der Waals surface area contributed by atoms with E-state index in [4.69, 9.17) is 23.7 Å². The molecule has 1 aromatic rings. The summed E-state index contributed by atoms with van der Waals surface area (Å²) in [7, 11) is 0. The summed E-state index contributed by atoms with van der Waals surface area (Å²) < 4.78 is 32.8. The van der Waals surface area contributed by atoms with Gasteiger partial charge in [-0.2, -0.15) is 4.73 Å². The molecule has 0 aliphatic carbocycles. The highest BCUT2D eigenvalue weighted by Crippen LogP contribution is 2.53. The Kier molecular flexibility index (Phi) is 41.4. The van der Waals surface area contributed by atoms with E-state index in [0.29, 0.717) is 12.1 Å². The van der Waals surface area contributed by atoms with Gasteiger partial charge in [-0.1, -0.05) is 193 Å². The minimum Gasteiger partial charge on any atom is -0.618 e. The molecule has 0 bridgehead atoms. The minimum atomic E-state index is -1.60. The molecule has 0 aliphatic heterocycles. The first-order chi connectivity index (χ1) is 38.3. The molecule has 0 radical (unpaired) electrons. The molecule has 12 nitrogen and oxygen atoms in total. The van der Waals surface area contributed by atoms with Gasteiger partial charge < -0.3 is 28.9 Å². The van der Waals surface area contributed by atoms with Crippen molar-refractivity contribution in [3.05, 3.63) is 35.3 Å². The molecule has 10 atom stereocenters. The number of aromatic nitrogens is 1. The van der Waals surface area contributed by atoms with Crippen LogP contribution in [-0.2, 0) is 47.7 Å². The number of pyridine rings is 1. The van der Waals surface area contributed by atoms with Crippen molar-refractivity contribution in [1.29, 1.82) is 0 Å². The van der Waals surface area contributed by atoms with Gasteiger partial charge in [0.05, 0.1) is 60.1 Å². The van der Waals surface area contributed by atoms with Gasteiger partial charge in [0.1, 0.15) is 0 Å². The number of ether oxygens (including phenoxy) is 5. The van der Waals surface area contributed by atoms with E-state index in [1.807, 2.05) is 19.9 Å². The van der Waals surface area contributed by atoms with Crippen LogP contribution in [0.3, 0.4) is 0 Å². The summed E-state index contributed by atoms with van der Waals surface area (Å²) in [6.07, 6.45) is 20.3. The van der Waals surface area contributed by atoms with Crippen LogP contribution in [0.4, 0.5) is 0 Å². The number of carbonyl (C=O) groups is 5. The lowest BCUT2D eigenvalue weighted by molar-refractivity contribution is -0.615. The molecule has 10 unspecified atom stereocenters. The Balaban J connectivity index is 0. The van der Waals surface area contributed by atoms with Crippen molar-refractivity contribution in [3.63, 3.8) is 0 Å². The molecule has 1 rings (SSSR count). The van der Waals surface area contributed by atoms with Crippen molar-refractivity contribution < 1.29 is 52.4 Å². The summed E-state index contributed by atoms with van der Waals surface area (Å²) in [6.45, 7) is 35.0. The lowest BCUT2D eigenvalue weighted by atomic mass is 9.59. The lowest BCUT2D eigenvalue weighted by Gasteiger charge is -2.45. The first-order valence-electron chi connectivity index (χ1n) is 32.9. The third-order valence-corrected chi connectivity index (χ3v) is 18.1. The third-order valence-electron chi connectivity index (χ3n) is 18.1. The highest BCUT2D eigenvalue weighted by molar-refractivity contribution is 5.85. The van der Waals surface area contributed by atoms with Crippen LogP contribution in [-0.4, -0.2) is 62.9 Å². The molecule has 0 spiro atoms. The Labute approximate surface area is 510 Å². The highest BCUT2D eigenvalue weighted by atomic mass is 16.6. The lowest BCUT2D eigenvalue weighted by Crippen LogP contribution is -2.49. The number of unbranched alkanes of at least 4 members (excludes halogenated alkanes) is 5. The highest BCUT2D eigenvalue weighted by Gasteiger charge is 2.57. The van der Waals surface area contributed by atoms with Crippen LogP contribution >= 0.6 is 0 Å². The second kappa shape index (κ2) is 42.2. The summed E-state index contributed by atoms with van der Waals surface area (Å²) in [6, 6.07) is 5.29. The third kappa shape index (κ3) is 28.1. The van der Waals surface area contributed by atoms with Crippen molar-refractivity contribution in [2.24, 2.45) is 56.7 Å². The van der Waals surface area contributed by atoms with Gasteiger partial charge >= 0.3 is 29.8 Å². The molecular formula is C71H131NO11. The Morgan fingerprint density at radius 1 is 0.410 bits per heavy atom. The van der Waals surface area contributed by atoms with Gasteiger partial charge in [-0.15, -0.1) is 0 Å². The average molecular weight is 1170 g/mol. The largest absolute Gasteiger partial charge is 0.618 e. The smallest absolute Gasteiger partial charge is 0.311 e. The zero-order valence-corrected chi connectivity index (χ0v) is 55.1. The first kappa shape index (κ1) is 81.4. The fraction of sp³-hybridized carbons (Fsp3) is 0.859. The molecule has 1 aromatic heterocycles. The Hall–Kier alpha value is -3.70. The van der Waals surface area contributed by atoms with E-state index in [2.05, 4.69) is 69.2 Å². The Morgan fingerprint density at radius 2 is 0.687 bits per heavy atom. The second-order valence-corrected chi connectivity index (χ2v) is 26.7. The predicted molar refractivity (Wildman–Crippen MR) is 343 cm³/mol. The zero-order valence-electron chi connectivity index (χ0n) is 55.1. The minimum absolute atomic E-state index is 0. The number of nitrogens with zero attached hydrogens (tertiary/aromatic N) is 1. The standard InChI is InChI=1S/C69H123NO11.2CH4/c1-18-29-36-53(23-6)44-77-60(71)65(12,13)49-67(15,62(73)79-46-55(25-8)38-31-20-3)51-69(17,64(75)81-48-57(27-10)40-33-22-5)52-68(16,63(74)80-47-56(26-9)39-32-21-4)50-66(14,61(72)78-45-54(24-7)37-30-19-2)43-58(28-11)59-41-34-35-42-70(59)76;;/h34-35,41-42,53-58H,18-33,36-40,43-52H2,1-17H3;2*1H4. The molecule has 0 aromatic carbocycles. The van der Waals surface area contributed by atoms with Crippen molar-refractivity contribution in [1.82, 2.24) is 0 Å². The van der Waals surface area contributed by atoms with Crippen molar-refractivity contribution in [2.45, 2.75) is 305 Å². The summed E-state index contributed by atoms with van der Waals surface area (Å²) in [5.74, 6) is -2.36. The molecule has 0 saturated heterocycles. The molecule has 0 saturated carbocycles. The maximum absolute atomic E-state index is 15.7. The van der Waals surface area contributed by atoms with Crippen LogP contribution in [0.5, 0.6) is 0 Å². The van der Waals surface area contributed by atoms with Crippen LogP contribution in [0, 0.1) is 61.9 Å². The monoisotopic (exact) mass is 1170 g/mol. The molecule has 83 heavy (non-hydrogen) atoms. The molecule has 1 heterocycles. The van der Waals surface area contributed by atoms with Gasteiger partial charge in [-0.3, -0.25) is 24.0 Å². The number of hydrogen-bond donors (Lipinski definition) is 0. The van der Waals surface area contributed by atoms with E-state index in [0.717, 1.165) is 133 Å². The summed E-state index contributed by atoms with van der Waals surface area (Å²) in [4.78, 5) is 76.5. The number of rotatable bonds is 47. The van der Waals surface area contributed by atoms with Gasteiger partial charge in [0.25, 0.3) is 0 Å². The second-order valence-electron chi connectivity index (χ2n) is 26.7. The number of esters is 5. The van der Waals surface area contributed by atoms with Gasteiger partial charge in [0, 0.05) is 18.1 Å². The van der Waals surface area contributed by atoms with E-state index in [1.165, 1.54) is 6.20 Å². The van der Waals surface area contributed by atoms with Gasteiger partial charge in [-0.25, -0.2) is 0 Å². The van der Waals surface area contributed by atoms with Crippen molar-refractivity contribution >= 4 is 29.8 Å². The number of hydrogen-bond acceptors (Lipinski definition) is 11. The zero-order chi connectivity index (χ0) is 61.3. The molecule has 0 N–H and O–H groups in total.